The molecular formula is C23H23Cl3N4O3S. The van der Waals surface area contributed by atoms with E-state index in [1.807, 2.05) is 12.1 Å². The van der Waals surface area contributed by atoms with Gasteiger partial charge in [-0.15, -0.1) is 0 Å². The third-order valence-corrected chi connectivity index (χ3v) is 8.53. The number of carbonyl (C=O) groups is 1. The van der Waals surface area contributed by atoms with Crippen molar-refractivity contribution in [3.63, 3.8) is 0 Å². The van der Waals surface area contributed by atoms with Crippen LogP contribution in [0.5, 0.6) is 0 Å². The normalized spacial score (nSPS) is 17.0. The van der Waals surface area contributed by atoms with Gasteiger partial charge >= 0.3 is 0 Å². The van der Waals surface area contributed by atoms with Crippen molar-refractivity contribution in [2.75, 3.05) is 31.5 Å². The number of rotatable bonds is 7. The summed E-state index contributed by atoms with van der Waals surface area (Å²) in [6.45, 7) is 1.32. The predicted octanol–water partition coefficient (Wildman–Crippen LogP) is 4.82. The molecule has 2 aromatic carbocycles. The molecule has 1 atom stereocenters. The maximum absolute atomic E-state index is 13.1. The lowest BCUT2D eigenvalue weighted by Crippen LogP contribution is -2.46. The van der Waals surface area contributed by atoms with E-state index >= 15 is 0 Å². The summed E-state index contributed by atoms with van der Waals surface area (Å²) in [7, 11) is -3.86. The Labute approximate surface area is 213 Å². The number of nitrogens with zero attached hydrogens (tertiary/aromatic N) is 2. The van der Waals surface area contributed by atoms with Gasteiger partial charge in [-0.25, -0.2) is 8.42 Å². The summed E-state index contributed by atoms with van der Waals surface area (Å²) in [6.07, 6.45) is 2.90. The average molecular weight is 542 g/mol. The molecule has 3 aromatic rings. The number of piperidine rings is 1. The van der Waals surface area contributed by atoms with Gasteiger partial charge in [0.05, 0.1) is 16.5 Å². The first-order valence-electron chi connectivity index (χ1n) is 10.8. The van der Waals surface area contributed by atoms with Gasteiger partial charge in [0.25, 0.3) is 0 Å². The number of hydrogen-bond donors (Lipinski definition) is 2. The van der Waals surface area contributed by atoms with Crippen LogP contribution in [0.4, 0.5) is 5.69 Å². The summed E-state index contributed by atoms with van der Waals surface area (Å²) in [4.78, 5) is 17.0. The predicted molar refractivity (Wildman–Crippen MR) is 136 cm³/mol. The Bertz CT molecular complexity index is 1320. The standard InChI is InChI=1S/C23H23Cl3N4O3S/c24-16-3-5-18-20(7-8-27-21(18)12-16)28-9-10-29-23(31)15-2-1-11-30(14-15)34(32,33)22-13-17(25)4-6-19(22)26/h3-8,12-13,15H,1-2,9-11,14H2,(H,27,28)(H,29,31)/t15-/m1/s1. The lowest BCUT2D eigenvalue weighted by molar-refractivity contribution is -0.125. The number of hydrogen-bond acceptors (Lipinski definition) is 5. The van der Waals surface area contributed by atoms with Crippen molar-refractivity contribution < 1.29 is 13.2 Å². The van der Waals surface area contributed by atoms with Crippen molar-refractivity contribution in [2.24, 2.45) is 5.92 Å². The molecule has 1 fully saturated rings. The Morgan fingerprint density at radius 3 is 2.65 bits per heavy atom. The Morgan fingerprint density at radius 2 is 1.82 bits per heavy atom. The molecule has 180 valence electrons. The van der Waals surface area contributed by atoms with E-state index in [0.717, 1.165) is 16.6 Å². The van der Waals surface area contributed by atoms with Crippen molar-refractivity contribution >= 4 is 67.3 Å². The Morgan fingerprint density at radius 1 is 1.06 bits per heavy atom. The van der Waals surface area contributed by atoms with E-state index in [1.165, 1.54) is 22.5 Å². The minimum absolute atomic E-state index is 0.0437. The number of halogens is 3. The molecular weight excluding hydrogens is 519 g/mol. The van der Waals surface area contributed by atoms with Gasteiger partial charge in [0, 0.05) is 53.5 Å². The largest absolute Gasteiger partial charge is 0.383 e. The van der Waals surface area contributed by atoms with Crippen molar-refractivity contribution in [3.8, 4) is 0 Å². The number of fused-ring (bicyclic) bond motifs is 1. The van der Waals surface area contributed by atoms with Gasteiger partial charge in [0.1, 0.15) is 4.90 Å². The highest BCUT2D eigenvalue weighted by atomic mass is 35.5. The zero-order valence-electron chi connectivity index (χ0n) is 18.1. The summed E-state index contributed by atoms with van der Waals surface area (Å²) in [5, 5.41) is 8.15. The van der Waals surface area contributed by atoms with Gasteiger partial charge in [-0.3, -0.25) is 9.78 Å². The molecule has 1 saturated heterocycles. The number of nitrogens with one attached hydrogen (secondary N) is 2. The topological polar surface area (TPSA) is 91.4 Å². The van der Waals surface area contributed by atoms with Gasteiger partial charge in [0.2, 0.25) is 15.9 Å². The van der Waals surface area contributed by atoms with Crippen LogP contribution in [-0.4, -0.2) is 49.8 Å². The second kappa shape index (κ2) is 10.7. The zero-order chi connectivity index (χ0) is 24.3. The van der Waals surface area contributed by atoms with Crippen LogP contribution in [0.25, 0.3) is 10.9 Å². The van der Waals surface area contributed by atoms with Crippen LogP contribution < -0.4 is 10.6 Å². The molecule has 2 heterocycles. The number of amides is 1. The first-order valence-corrected chi connectivity index (χ1v) is 13.3. The first-order chi connectivity index (χ1) is 16.3. The van der Waals surface area contributed by atoms with Crippen molar-refractivity contribution in [2.45, 2.75) is 17.7 Å². The highest BCUT2D eigenvalue weighted by molar-refractivity contribution is 7.89. The van der Waals surface area contributed by atoms with Gasteiger partial charge in [-0.05, 0) is 55.3 Å². The minimum Gasteiger partial charge on any atom is -0.383 e. The maximum Gasteiger partial charge on any atom is 0.244 e. The fourth-order valence-electron chi connectivity index (χ4n) is 3.99. The number of carbonyl (C=O) groups excluding carboxylic acids is 1. The summed E-state index contributed by atoms with van der Waals surface area (Å²) < 4.78 is 27.5. The molecule has 1 aliphatic heterocycles. The third kappa shape index (κ3) is 5.58. The average Bonchev–Trinajstić information content (AvgIpc) is 2.83. The van der Waals surface area contributed by atoms with E-state index in [1.54, 1.807) is 18.3 Å². The molecule has 0 bridgehead atoms. The van der Waals surface area contributed by atoms with E-state index in [0.29, 0.717) is 37.5 Å². The highest BCUT2D eigenvalue weighted by Gasteiger charge is 2.34. The zero-order valence-corrected chi connectivity index (χ0v) is 21.2. The molecule has 0 saturated carbocycles. The van der Waals surface area contributed by atoms with E-state index in [-0.39, 0.29) is 27.4 Å². The molecule has 34 heavy (non-hydrogen) atoms. The molecule has 0 aliphatic carbocycles. The van der Waals surface area contributed by atoms with Crippen LogP contribution in [0.2, 0.25) is 15.1 Å². The maximum atomic E-state index is 13.1. The molecule has 11 heteroatoms. The number of benzene rings is 2. The summed E-state index contributed by atoms with van der Waals surface area (Å²) >= 11 is 18.1. The Kier molecular flexibility index (Phi) is 7.84. The molecule has 1 aliphatic rings. The minimum atomic E-state index is -3.86. The monoisotopic (exact) mass is 540 g/mol. The molecule has 1 aromatic heterocycles. The van der Waals surface area contributed by atoms with Crippen LogP contribution in [0.15, 0.2) is 53.6 Å². The number of pyridine rings is 1. The highest BCUT2D eigenvalue weighted by Crippen LogP contribution is 2.30. The van der Waals surface area contributed by atoms with Crippen LogP contribution >= 0.6 is 34.8 Å². The quantitative estimate of drug-likeness (QED) is 0.418. The summed E-state index contributed by atoms with van der Waals surface area (Å²) in [6, 6.07) is 11.7. The van der Waals surface area contributed by atoms with E-state index in [4.69, 9.17) is 34.8 Å². The van der Waals surface area contributed by atoms with Crippen LogP contribution in [0.3, 0.4) is 0 Å². The number of anilines is 1. The van der Waals surface area contributed by atoms with Gasteiger partial charge in [-0.1, -0.05) is 34.8 Å². The Hall–Kier alpha value is -2.10. The van der Waals surface area contributed by atoms with Crippen molar-refractivity contribution in [3.05, 3.63) is 63.7 Å². The third-order valence-electron chi connectivity index (χ3n) is 5.71. The molecule has 2 N–H and O–H groups in total. The van der Waals surface area contributed by atoms with E-state index < -0.39 is 15.9 Å². The Balaban J connectivity index is 1.34. The smallest absolute Gasteiger partial charge is 0.244 e. The molecule has 7 nitrogen and oxygen atoms in total. The molecule has 4 rings (SSSR count). The van der Waals surface area contributed by atoms with Gasteiger partial charge < -0.3 is 10.6 Å². The first kappa shape index (κ1) is 25.0. The lowest BCUT2D eigenvalue weighted by atomic mass is 9.99. The van der Waals surface area contributed by atoms with E-state index in [2.05, 4.69) is 15.6 Å². The van der Waals surface area contributed by atoms with Gasteiger partial charge in [0.15, 0.2) is 0 Å². The molecule has 1 amide bonds. The fourth-order valence-corrected chi connectivity index (χ4v) is 6.42. The number of sulfonamides is 1. The van der Waals surface area contributed by atoms with Gasteiger partial charge in [-0.2, -0.15) is 4.31 Å². The van der Waals surface area contributed by atoms with Crippen LogP contribution in [0.1, 0.15) is 12.8 Å². The molecule has 0 radical (unpaired) electrons. The molecule has 0 unspecified atom stereocenters. The molecule has 0 spiro atoms. The number of aromatic nitrogens is 1. The summed E-state index contributed by atoms with van der Waals surface area (Å²) in [5.41, 5.74) is 1.68. The lowest BCUT2D eigenvalue weighted by Gasteiger charge is -2.31. The van der Waals surface area contributed by atoms with Crippen LogP contribution in [-0.2, 0) is 14.8 Å². The summed E-state index contributed by atoms with van der Waals surface area (Å²) in [5.74, 6) is -0.615. The van der Waals surface area contributed by atoms with Crippen LogP contribution in [0, 0.1) is 5.92 Å². The van der Waals surface area contributed by atoms with E-state index in [9.17, 15) is 13.2 Å². The second-order valence-corrected chi connectivity index (χ2v) is 11.2. The van der Waals surface area contributed by atoms with Crippen molar-refractivity contribution in [1.82, 2.24) is 14.6 Å². The SMILES string of the molecule is O=C(NCCNc1ccnc2cc(Cl)ccc12)[C@@H]1CCCN(S(=O)(=O)c2cc(Cl)ccc2Cl)C1. The van der Waals surface area contributed by atoms with Crippen molar-refractivity contribution in [1.29, 1.82) is 0 Å². The second-order valence-electron chi connectivity index (χ2n) is 8.01. The fraction of sp³-hybridized carbons (Fsp3) is 0.304.